The Labute approximate surface area is 210 Å². The Morgan fingerprint density at radius 3 is 2.76 bits per heavy atom. The maximum absolute atomic E-state index is 12.6. The Morgan fingerprint density at radius 1 is 1.21 bits per heavy atom. The van der Waals surface area contributed by atoms with Crippen LogP contribution in [0.1, 0.15) is 24.8 Å². The van der Waals surface area contributed by atoms with Crippen LogP contribution in [0.15, 0.2) is 54.6 Å². The highest BCUT2D eigenvalue weighted by Crippen LogP contribution is 2.38. The van der Waals surface area contributed by atoms with E-state index in [1.165, 1.54) is 35.2 Å². The zero-order valence-corrected chi connectivity index (χ0v) is 21.2. The van der Waals surface area contributed by atoms with Crippen LogP contribution >= 0.6 is 23.5 Å². The number of ether oxygens (including phenoxy) is 1. The molecule has 184 valence electrons. The minimum Gasteiger partial charge on any atom is -0.468 e. The van der Waals surface area contributed by atoms with Gasteiger partial charge in [0, 0.05) is 18.9 Å². The molecule has 0 aliphatic heterocycles. The van der Waals surface area contributed by atoms with E-state index < -0.39 is 6.10 Å². The lowest BCUT2D eigenvalue weighted by atomic mass is 9.95. The fourth-order valence-electron chi connectivity index (χ4n) is 4.27. The van der Waals surface area contributed by atoms with Crippen molar-refractivity contribution < 1.29 is 24.5 Å². The summed E-state index contributed by atoms with van der Waals surface area (Å²) in [5, 5.41) is 22.6. The first-order chi connectivity index (χ1) is 16.5. The van der Waals surface area contributed by atoms with Gasteiger partial charge in [-0.25, -0.2) is 0 Å². The third kappa shape index (κ3) is 7.87. The molecule has 2 aromatic carbocycles. The number of carbonyl (C=O) groups excluding carboxylic acids is 2. The lowest BCUT2D eigenvalue weighted by molar-refractivity contribution is -0.137. The zero-order chi connectivity index (χ0) is 24.3. The van der Waals surface area contributed by atoms with Gasteiger partial charge in [0.15, 0.2) is 0 Å². The number of hydrogen-bond donors (Lipinski definition) is 2. The first-order valence-corrected chi connectivity index (χ1v) is 14.0. The molecule has 0 radical (unpaired) electrons. The number of allylic oxidation sites excluding steroid dienone is 1. The van der Waals surface area contributed by atoms with Crippen molar-refractivity contribution in [3.8, 4) is 0 Å². The van der Waals surface area contributed by atoms with Crippen molar-refractivity contribution >= 4 is 46.0 Å². The predicted octanol–water partition coefficient (Wildman–Crippen LogP) is 4.29. The molecule has 3 rings (SSSR count). The molecule has 0 heterocycles. The summed E-state index contributed by atoms with van der Waals surface area (Å²) >= 11 is 3.16. The fraction of sp³-hybridized carbons (Fsp3) is 0.481. The molecule has 0 amide bonds. The van der Waals surface area contributed by atoms with Crippen LogP contribution in [0.2, 0.25) is 0 Å². The van der Waals surface area contributed by atoms with Gasteiger partial charge in [0.25, 0.3) is 0 Å². The molecule has 7 heteroatoms. The molecule has 1 saturated carbocycles. The molecule has 0 saturated heterocycles. The van der Waals surface area contributed by atoms with Crippen molar-refractivity contribution in [2.24, 2.45) is 11.8 Å². The topological polar surface area (TPSA) is 83.8 Å². The first kappa shape index (κ1) is 26.8. The van der Waals surface area contributed by atoms with Gasteiger partial charge >= 0.3 is 5.97 Å². The van der Waals surface area contributed by atoms with Crippen molar-refractivity contribution in [2.45, 2.75) is 37.0 Å². The van der Waals surface area contributed by atoms with Gasteiger partial charge in [0.05, 0.1) is 24.2 Å². The summed E-state index contributed by atoms with van der Waals surface area (Å²) < 4.78 is 4.63. The number of Topliss-reactive ketones (excluding diaryl/α,β-unsaturated/α-hetero) is 1. The average Bonchev–Trinajstić information content (AvgIpc) is 3.17. The van der Waals surface area contributed by atoms with Gasteiger partial charge in [-0.1, -0.05) is 54.6 Å². The largest absolute Gasteiger partial charge is 0.468 e. The Hall–Kier alpha value is -1.80. The summed E-state index contributed by atoms with van der Waals surface area (Å²) in [7, 11) is 1.38. The van der Waals surface area contributed by atoms with Crippen LogP contribution in [0.3, 0.4) is 0 Å². The lowest BCUT2D eigenvalue weighted by Gasteiger charge is -2.19. The summed E-state index contributed by atoms with van der Waals surface area (Å²) in [6, 6.07) is 14.6. The molecule has 5 nitrogen and oxygen atoms in total. The van der Waals surface area contributed by atoms with Crippen LogP contribution in [-0.2, 0) is 20.7 Å². The van der Waals surface area contributed by atoms with Gasteiger partial charge in [0.2, 0.25) is 0 Å². The van der Waals surface area contributed by atoms with E-state index >= 15 is 0 Å². The van der Waals surface area contributed by atoms with Crippen LogP contribution in [-0.4, -0.2) is 64.3 Å². The normalized spacial score (nSPS) is 21.4. The average molecular weight is 503 g/mol. The molecule has 34 heavy (non-hydrogen) atoms. The fourth-order valence-corrected chi connectivity index (χ4v) is 6.61. The molecule has 1 aliphatic carbocycles. The minimum atomic E-state index is -0.595. The predicted molar refractivity (Wildman–Crippen MR) is 141 cm³/mol. The highest BCUT2D eigenvalue weighted by Gasteiger charge is 2.40. The van der Waals surface area contributed by atoms with Gasteiger partial charge in [-0.15, -0.1) is 11.8 Å². The SMILES string of the molecule is COC(=O)CSCCCS[C@H]1C(=O)C[C@@H](CO)[C@@H]1/C=C/[C@@H](O)CCc1ccc2ccccc2c1. The zero-order valence-electron chi connectivity index (χ0n) is 19.6. The van der Waals surface area contributed by atoms with Crippen LogP contribution in [0.5, 0.6) is 0 Å². The Morgan fingerprint density at radius 2 is 2.00 bits per heavy atom. The Bertz CT molecular complexity index is 976. The molecule has 2 aromatic rings. The van der Waals surface area contributed by atoms with E-state index in [0.29, 0.717) is 18.6 Å². The van der Waals surface area contributed by atoms with Crippen LogP contribution in [0.4, 0.5) is 0 Å². The second-order valence-electron chi connectivity index (χ2n) is 8.64. The van der Waals surface area contributed by atoms with Crippen LogP contribution in [0.25, 0.3) is 10.8 Å². The molecule has 4 atom stereocenters. The van der Waals surface area contributed by atoms with Crippen molar-refractivity contribution in [2.75, 3.05) is 31.0 Å². The van der Waals surface area contributed by atoms with Crippen molar-refractivity contribution in [1.82, 2.24) is 0 Å². The van der Waals surface area contributed by atoms with E-state index in [1.54, 1.807) is 17.8 Å². The van der Waals surface area contributed by atoms with Crippen LogP contribution in [0, 0.1) is 11.8 Å². The third-order valence-electron chi connectivity index (χ3n) is 6.19. The number of esters is 1. The van der Waals surface area contributed by atoms with E-state index in [9.17, 15) is 19.8 Å². The molecular formula is C27H34O5S2. The molecule has 2 N–H and O–H groups in total. The summed E-state index contributed by atoms with van der Waals surface area (Å²) in [6.45, 7) is -0.0278. The van der Waals surface area contributed by atoms with E-state index in [1.807, 2.05) is 18.2 Å². The van der Waals surface area contributed by atoms with E-state index in [0.717, 1.165) is 24.3 Å². The number of aliphatic hydroxyl groups is 2. The number of benzene rings is 2. The number of aryl methyl sites for hydroxylation is 1. The number of methoxy groups -OCH3 is 1. The van der Waals surface area contributed by atoms with E-state index in [2.05, 4.69) is 35.1 Å². The maximum atomic E-state index is 12.6. The number of thioether (sulfide) groups is 2. The second-order valence-corrected chi connectivity index (χ2v) is 11.0. The smallest absolute Gasteiger partial charge is 0.315 e. The quantitative estimate of drug-likeness (QED) is 0.240. The number of fused-ring (bicyclic) bond motifs is 1. The maximum Gasteiger partial charge on any atom is 0.315 e. The summed E-state index contributed by atoms with van der Waals surface area (Å²) in [4.78, 5) is 23.7. The molecule has 0 spiro atoms. The first-order valence-electron chi connectivity index (χ1n) is 11.8. The number of aliphatic hydroxyl groups excluding tert-OH is 2. The Balaban J connectivity index is 1.48. The van der Waals surface area contributed by atoms with Gasteiger partial charge in [-0.2, -0.15) is 11.8 Å². The number of hydrogen-bond acceptors (Lipinski definition) is 7. The number of carbonyl (C=O) groups is 2. The van der Waals surface area contributed by atoms with E-state index in [4.69, 9.17) is 0 Å². The summed E-state index contributed by atoms with van der Waals surface area (Å²) in [5.74, 6) is 1.78. The van der Waals surface area contributed by atoms with Crippen LogP contribution < -0.4 is 0 Å². The van der Waals surface area contributed by atoms with E-state index in [-0.39, 0.29) is 35.4 Å². The number of rotatable bonds is 13. The highest BCUT2D eigenvalue weighted by molar-refractivity contribution is 8.01. The monoisotopic (exact) mass is 502 g/mol. The Kier molecular flexibility index (Phi) is 11.0. The number of ketones is 1. The van der Waals surface area contributed by atoms with Gasteiger partial charge in [0.1, 0.15) is 5.78 Å². The molecule has 0 aromatic heterocycles. The van der Waals surface area contributed by atoms with Gasteiger partial charge < -0.3 is 14.9 Å². The highest BCUT2D eigenvalue weighted by atomic mass is 32.2. The van der Waals surface area contributed by atoms with Crippen molar-refractivity contribution in [1.29, 1.82) is 0 Å². The molecule has 1 fully saturated rings. The minimum absolute atomic E-state index is 0.0278. The molecule has 0 bridgehead atoms. The lowest BCUT2D eigenvalue weighted by Crippen LogP contribution is -2.21. The molecule has 1 aliphatic rings. The second kappa shape index (κ2) is 13.9. The third-order valence-corrected chi connectivity index (χ3v) is 8.66. The van der Waals surface area contributed by atoms with Crippen molar-refractivity contribution in [3.05, 3.63) is 60.2 Å². The van der Waals surface area contributed by atoms with Gasteiger partial charge in [-0.3, -0.25) is 9.59 Å². The van der Waals surface area contributed by atoms with Gasteiger partial charge in [-0.05, 0) is 53.0 Å². The summed E-state index contributed by atoms with van der Waals surface area (Å²) in [6.07, 6.45) is 5.80. The standard InChI is InChI=1S/C27H34O5S2/c1-32-26(31)18-33-13-4-14-34-27-24(22(17-28)16-25(27)30)12-11-23(29)10-8-19-7-9-20-5-2-3-6-21(20)15-19/h2-3,5-7,9,11-12,15,22-24,27-29H,4,8,10,13-14,16-18H2,1H3/b12-11+/t22-,23-,24-,27+/m0/s1. The molecular weight excluding hydrogens is 468 g/mol. The summed E-state index contributed by atoms with van der Waals surface area (Å²) in [5.41, 5.74) is 1.19. The van der Waals surface area contributed by atoms with Crippen molar-refractivity contribution in [3.63, 3.8) is 0 Å². The molecule has 0 unspecified atom stereocenters.